The first-order chi connectivity index (χ1) is 5.81. The van der Waals surface area contributed by atoms with E-state index < -0.39 is 0 Å². The molecule has 2 rings (SSSR count). The molecule has 0 bridgehead atoms. The Morgan fingerprint density at radius 3 is 3.08 bits per heavy atom. The van der Waals surface area contributed by atoms with Gasteiger partial charge >= 0.3 is 0 Å². The summed E-state index contributed by atoms with van der Waals surface area (Å²) in [6.45, 7) is 2.33. The first kappa shape index (κ1) is 8.52. The lowest BCUT2D eigenvalue weighted by Gasteiger charge is -2.25. The summed E-state index contributed by atoms with van der Waals surface area (Å²) in [7, 11) is 0. The molecule has 2 nitrogen and oxygen atoms in total. The van der Waals surface area contributed by atoms with E-state index in [2.05, 4.69) is 12.2 Å². The van der Waals surface area contributed by atoms with E-state index in [1.807, 2.05) is 0 Å². The first-order valence-electron chi connectivity index (χ1n) is 5.18. The number of hydrogen-bond donors (Lipinski definition) is 2. The summed E-state index contributed by atoms with van der Waals surface area (Å²) in [5, 5.41) is 12.4. The molecule has 2 N–H and O–H groups in total. The molecule has 2 aliphatic rings. The maximum Gasteiger partial charge on any atom is 0.0582 e. The van der Waals surface area contributed by atoms with Crippen molar-refractivity contribution in [2.45, 2.75) is 44.7 Å². The molecule has 0 saturated heterocycles. The van der Waals surface area contributed by atoms with E-state index in [0.717, 1.165) is 11.8 Å². The third-order valence-electron chi connectivity index (χ3n) is 3.36. The molecule has 0 heterocycles. The van der Waals surface area contributed by atoms with Crippen molar-refractivity contribution in [3.8, 4) is 0 Å². The van der Waals surface area contributed by atoms with Crippen LogP contribution >= 0.6 is 0 Å². The van der Waals surface area contributed by atoms with Crippen molar-refractivity contribution in [3.05, 3.63) is 0 Å². The molecule has 0 radical (unpaired) electrons. The molecule has 70 valence electrons. The van der Waals surface area contributed by atoms with E-state index in [1.165, 1.54) is 25.7 Å². The summed E-state index contributed by atoms with van der Waals surface area (Å²) in [5.74, 6) is 1.98. The molecule has 0 spiro atoms. The van der Waals surface area contributed by atoms with Crippen molar-refractivity contribution in [2.75, 3.05) is 6.61 Å². The molecule has 2 fully saturated rings. The smallest absolute Gasteiger partial charge is 0.0582 e. The molecule has 2 aliphatic carbocycles. The fraction of sp³-hybridized carbons (Fsp3) is 1.00. The molecule has 4 atom stereocenters. The lowest BCUT2D eigenvalue weighted by Crippen LogP contribution is -2.41. The zero-order chi connectivity index (χ0) is 8.55. The second-order valence-corrected chi connectivity index (χ2v) is 4.45. The van der Waals surface area contributed by atoms with Crippen LogP contribution in [0, 0.1) is 11.8 Å². The number of hydrogen-bond acceptors (Lipinski definition) is 2. The zero-order valence-corrected chi connectivity index (χ0v) is 7.79. The van der Waals surface area contributed by atoms with Crippen LogP contribution in [0.15, 0.2) is 0 Å². The van der Waals surface area contributed by atoms with Gasteiger partial charge in [-0.05, 0) is 31.6 Å². The van der Waals surface area contributed by atoms with Gasteiger partial charge in [-0.25, -0.2) is 0 Å². The van der Waals surface area contributed by atoms with E-state index in [1.54, 1.807) is 0 Å². The zero-order valence-electron chi connectivity index (χ0n) is 7.79. The van der Waals surface area contributed by atoms with Gasteiger partial charge in [0.05, 0.1) is 6.61 Å². The number of aliphatic hydroxyl groups is 1. The number of rotatable bonds is 3. The lowest BCUT2D eigenvalue weighted by molar-refractivity contribution is 0.223. The van der Waals surface area contributed by atoms with Gasteiger partial charge in [-0.15, -0.1) is 0 Å². The van der Waals surface area contributed by atoms with Crippen LogP contribution in [0.2, 0.25) is 0 Å². The minimum atomic E-state index is 0.272. The summed E-state index contributed by atoms with van der Waals surface area (Å²) < 4.78 is 0. The lowest BCUT2D eigenvalue weighted by atomic mass is 9.95. The van der Waals surface area contributed by atoms with Crippen LogP contribution in [-0.2, 0) is 0 Å². The molecule has 0 aromatic carbocycles. The van der Waals surface area contributed by atoms with Crippen molar-refractivity contribution in [1.82, 2.24) is 5.32 Å². The largest absolute Gasteiger partial charge is 0.395 e. The summed E-state index contributed by atoms with van der Waals surface area (Å²) in [6, 6.07) is 1.00. The molecule has 2 saturated carbocycles. The Hall–Kier alpha value is -0.0800. The monoisotopic (exact) mass is 169 g/mol. The normalized spacial score (nSPS) is 42.0. The summed E-state index contributed by atoms with van der Waals surface area (Å²) in [4.78, 5) is 0. The summed E-state index contributed by atoms with van der Waals surface area (Å²) in [5.41, 5.74) is 0. The predicted octanol–water partition coefficient (Wildman–Crippen LogP) is 1.15. The van der Waals surface area contributed by atoms with E-state index in [4.69, 9.17) is 5.11 Å². The van der Waals surface area contributed by atoms with E-state index >= 15 is 0 Å². The van der Waals surface area contributed by atoms with Crippen molar-refractivity contribution in [2.24, 2.45) is 11.8 Å². The maximum atomic E-state index is 8.90. The second kappa shape index (κ2) is 3.35. The molecule has 12 heavy (non-hydrogen) atoms. The highest BCUT2D eigenvalue weighted by molar-refractivity contribution is 4.98. The van der Waals surface area contributed by atoms with Crippen LogP contribution in [0.4, 0.5) is 0 Å². The highest BCUT2D eigenvalue weighted by Gasteiger charge is 2.45. The molecule has 0 amide bonds. The van der Waals surface area contributed by atoms with Crippen molar-refractivity contribution < 1.29 is 5.11 Å². The Labute approximate surface area is 74.4 Å². The highest BCUT2D eigenvalue weighted by Crippen LogP contribution is 2.49. The van der Waals surface area contributed by atoms with E-state index in [0.29, 0.717) is 6.04 Å². The second-order valence-electron chi connectivity index (χ2n) is 4.45. The van der Waals surface area contributed by atoms with Gasteiger partial charge in [0.1, 0.15) is 0 Å². The van der Waals surface area contributed by atoms with Gasteiger partial charge in [-0.3, -0.25) is 0 Å². The molecular formula is C10H19NO. The molecule has 0 aromatic heterocycles. The Morgan fingerprint density at radius 1 is 1.50 bits per heavy atom. The molecular weight excluding hydrogens is 150 g/mol. The van der Waals surface area contributed by atoms with Crippen LogP contribution in [0.1, 0.15) is 32.6 Å². The van der Waals surface area contributed by atoms with Gasteiger partial charge in [0.2, 0.25) is 0 Å². The molecule has 0 aromatic rings. The van der Waals surface area contributed by atoms with Gasteiger partial charge in [-0.1, -0.05) is 12.8 Å². The minimum Gasteiger partial charge on any atom is -0.395 e. The standard InChI is InChI=1S/C10H19NO/c1-7(6-12)11-10-4-2-3-8-5-9(8)10/h7-12H,2-6H2,1H3. The number of fused-ring (bicyclic) bond motifs is 1. The highest BCUT2D eigenvalue weighted by atomic mass is 16.3. The fourth-order valence-electron chi connectivity index (χ4n) is 2.53. The first-order valence-corrected chi connectivity index (χ1v) is 5.18. The SMILES string of the molecule is CC(CO)NC1CCCC2CC21. The van der Waals surface area contributed by atoms with E-state index in [-0.39, 0.29) is 12.6 Å². The van der Waals surface area contributed by atoms with Crippen molar-refractivity contribution in [3.63, 3.8) is 0 Å². The van der Waals surface area contributed by atoms with Crippen LogP contribution in [-0.4, -0.2) is 23.8 Å². The Morgan fingerprint density at radius 2 is 2.33 bits per heavy atom. The maximum absolute atomic E-state index is 8.90. The van der Waals surface area contributed by atoms with Gasteiger partial charge in [0.15, 0.2) is 0 Å². The Kier molecular flexibility index (Phi) is 2.37. The van der Waals surface area contributed by atoms with Crippen LogP contribution in [0.3, 0.4) is 0 Å². The van der Waals surface area contributed by atoms with Gasteiger partial charge in [0.25, 0.3) is 0 Å². The quantitative estimate of drug-likeness (QED) is 0.664. The van der Waals surface area contributed by atoms with Gasteiger partial charge in [0, 0.05) is 12.1 Å². The van der Waals surface area contributed by atoms with Gasteiger partial charge < -0.3 is 10.4 Å². The Balaban J connectivity index is 1.79. The van der Waals surface area contributed by atoms with Crippen LogP contribution < -0.4 is 5.32 Å². The summed E-state index contributed by atoms with van der Waals surface area (Å²) in [6.07, 6.45) is 5.61. The average Bonchev–Trinajstić information content (AvgIpc) is 2.84. The van der Waals surface area contributed by atoms with Gasteiger partial charge in [-0.2, -0.15) is 0 Å². The predicted molar refractivity (Wildman–Crippen MR) is 48.9 cm³/mol. The number of nitrogens with one attached hydrogen (secondary N) is 1. The van der Waals surface area contributed by atoms with Crippen LogP contribution in [0.5, 0.6) is 0 Å². The van der Waals surface area contributed by atoms with Crippen LogP contribution in [0.25, 0.3) is 0 Å². The van der Waals surface area contributed by atoms with E-state index in [9.17, 15) is 0 Å². The fourth-order valence-corrected chi connectivity index (χ4v) is 2.53. The minimum absolute atomic E-state index is 0.272. The molecule has 0 aliphatic heterocycles. The summed E-state index contributed by atoms with van der Waals surface area (Å²) >= 11 is 0. The topological polar surface area (TPSA) is 32.3 Å². The third kappa shape index (κ3) is 1.64. The number of aliphatic hydroxyl groups excluding tert-OH is 1. The molecule has 4 unspecified atom stereocenters. The molecule has 2 heteroatoms. The average molecular weight is 169 g/mol. The Bertz CT molecular complexity index is 160. The third-order valence-corrected chi connectivity index (χ3v) is 3.36. The van der Waals surface area contributed by atoms with Crippen molar-refractivity contribution in [1.29, 1.82) is 0 Å². The van der Waals surface area contributed by atoms with Crippen molar-refractivity contribution >= 4 is 0 Å².